The van der Waals surface area contributed by atoms with Gasteiger partial charge in [-0.15, -0.1) is 0 Å². The second-order valence-electron chi connectivity index (χ2n) is 4.66. The highest BCUT2D eigenvalue weighted by Crippen LogP contribution is 2.20. The maximum absolute atomic E-state index is 13.1. The van der Waals surface area contributed by atoms with E-state index in [4.69, 9.17) is 4.74 Å². The SMILES string of the molecule is O=C(Cc1ccc(F)c(Br)c1)NC1(C(=O)O)CCOC1. The molecule has 0 radical (unpaired) electrons. The van der Waals surface area contributed by atoms with Gasteiger partial charge in [-0.2, -0.15) is 0 Å². The number of carbonyl (C=O) groups is 2. The van der Waals surface area contributed by atoms with Crippen LogP contribution in [0.1, 0.15) is 12.0 Å². The molecule has 1 saturated heterocycles. The quantitative estimate of drug-likeness (QED) is 0.866. The van der Waals surface area contributed by atoms with E-state index >= 15 is 0 Å². The fourth-order valence-electron chi connectivity index (χ4n) is 2.03. The number of ether oxygens (including phenoxy) is 1. The van der Waals surface area contributed by atoms with Crippen LogP contribution in [-0.4, -0.2) is 35.7 Å². The number of rotatable bonds is 4. The van der Waals surface area contributed by atoms with Gasteiger partial charge in [-0.05, 0) is 33.6 Å². The number of carbonyl (C=O) groups excluding carboxylic acids is 1. The summed E-state index contributed by atoms with van der Waals surface area (Å²) in [6.45, 7) is 0.260. The first-order chi connectivity index (χ1) is 9.43. The molecule has 1 amide bonds. The van der Waals surface area contributed by atoms with Crippen molar-refractivity contribution in [2.75, 3.05) is 13.2 Å². The fourth-order valence-corrected chi connectivity index (χ4v) is 2.46. The second-order valence-corrected chi connectivity index (χ2v) is 5.52. The molecule has 0 aliphatic carbocycles. The number of carboxylic acids is 1. The van der Waals surface area contributed by atoms with Crippen LogP contribution >= 0.6 is 15.9 Å². The van der Waals surface area contributed by atoms with E-state index < -0.39 is 23.2 Å². The molecule has 7 heteroatoms. The van der Waals surface area contributed by atoms with Crippen molar-refractivity contribution in [3.05, 3.63) is 34.1 Å². The van der Waals surface area contributed by atoms with Crippen LogP contribution in [0.5, 0.6) is 0 Å². The number of nitrogens with one attached hydrogen (secondary N) is 1. The van der Waals surface area contributed by atoms with Crippen LogP contribution in [0.3, 0.4) is 0 Å². The minimum absolute atomic E-state index is 0.0199. The molecule has 1 heterocycles. The number of hydrogen-bond acceptors (Lipinski definition) is 3. The van der Waals surface area contributed by atoms with Crippen molar-refractivity contribution < 1.29 is 23.8 Å². The van der Waals surface area contributed by atoms with E-state index in [9.17, 15) is 19.1 Å². The molecule has 1 fully saturated rings. The first-order valence-electron chi connectivity index (χ1n) is 5.99. The Labute approximate surface area is 123 Å². The highest BCUT2D eigenvalue weighted by molar-refractivity contribution is 9.10. The molecular weight excluding hydrogens is 333 g/mol. The number of amides is 1. The van der Waals surface area contributed by atoms with Crippen LogP contribution in [0.15, 0.2) is 22.7 Å². The summed E-state index contributed by atoms with van der Waals surface area (Å²) in [5.74, 6) is -1.96. The molecule has 1 aliphatic rings. The van der Waals surface area contributed by atoms with Crippen LogP contribution in [0.2, 0.25) is 0 Å². The van der Waals surface area contributed by atoms with Crippen LogP contribution in [0, 0.1) is 5.82 Å². The second kappa shape index (κ2) is 5.88. The Kier molecular flexibility index (Phi) is 4.39. The van der Waals surface area contributed by atoms with Gasteiger partial charge in [-0.3, -0.25) is 4.79 Å². The summed E-state index contributed by atoms with van der Waals surface area (Å²) < 4.78 is 18.4. The van der Waals surface area contributed by atoms with E-state index in [0.717, 1.165) is 0 Å². The highest BCUT2D eigenvalue weighted by atomic mass is 79.9. The lowest BCUT2D eigenvalue weighted by Crippen LogP contribution is -2.55. The number of carboxylic acid groups (broad SMARTS) is 1. The zero-order chi connectivity index (χ0) is 14.8. The van der Waals surface area contributed by atoms with E-state index in [1.807, 2.05) is 0 Å². The molecule has 1 aromatic rings. The maximum Gasteiger partial charge on any atom is 0.331 e. The Morgan fingerprint density at radius 3 is 2.80 bits per heavy atom. The molecule has 1 unspecified atom stereocenters. The van der Waals surface area contributed by atoms with Gasteiger partial charge in [0.15, 0.2) is 5.54 Å². The average Bonchev–Trinajstić information content (AvgIpc) is 2.83. The zero-order valence-electron chi connectivity index (χ0n) is 10.5. The van der Waals surface area contributed by atoms with Crippen molar-refractivity contribution in [3.63, 3.8) is 0 Å². The summed E-state index contributed by atoms with van der Waals surface area (Å²) in [5, 5.41) is 11.7. The summed E-state index contributed by atoms with van der Waals surface area (Å²) in [5.41, 5.74) is -0.760. The van der Waals surface area contributed by atoms with Crippen molar-refractivity contribution in [1.82, 2.24) is 5.32 Å². The van der Waals surface area contributed by atoms with Crippen molar-refractivity contribution in [3.8, 4) is 0 Å². The molecule has 20 heavy (non-hydrogen) atoms. The maximum atomic E-state index is 13.1. The predicted molar refractivity (Wildman–Crippen MR) is 71.7 cm³/mol. The minimum atomic E-state index is -1.35. The van der Waals surface area contributed by atoms with Crippen LogP contribution < -0.4 is 5.32 Å². The molecule has 108 valence electrons. The Morgan fingerprint density at radius 1 is 1.50 bits per heavy atom. The third kappa shape index (κ3) is 3.16. The van der Waals surface area contributed by atoms with Crippen molar-refractivity contribution >= 4 is 27.8 Å². The lowest BCUT2D eigenvalue weighted by molar-refractivity contribution is -0.147. The lowest BCUT2D eigenvalue weighted by atomic mass is 9.98. The van der Waals surface area contributed by atoms with E-state index in [2.05, 4.69) is 21.2 Å². The molecular formula is C13H13BrFNO4. The Morgan fingerprint density at radius 2 is 2.25 bits per heavy atom. The smallest absolute Gasteiger partial charge is 0.331 e. The van der Waals surface area contributed by atoms with Gasteiger partial charge in [0.05, 0.1) is 17.5 Å². The van der Waals surface area contributed by atoms with E-state index in [1.165, 1.54) is 18.2 Å². The molecule has 1 aromatic carbocycles. The summed E-state index contributed by atoms with van der Waals surface area (Å²) in [6.07, 6.45) is 0.217. The Bertz CT molecular complexity index is 543. The molecule has 0 saturated carbocycles. The van der Waals surface area contributed by atoms with Crippen molar-refractivity contribution in [2.24, 2.45) is 0 Å². The first-order valence-corrected chi connectivity index (χ1v) is 6.78. The third-order valence-corrected chi connectivity index (χ3v) is 3.77. The lowest BCUT2D eigenvalue weighted by Gasteiger charge is -2.23. The number of aliphatic carboxylic acids is 1. The zero-order valence-corrected chi connectivity index (χ0v) is 12.1. The van der Waals surface area contributed by atoms with Crippen LogP contribution in [-0.2, 0) is 20.7 Å². The molecule has 5 nitrogen and oxygen atoms in total. The Hall–Kier alpha value is -1.47. The van der Waals surface area contributed by atoms with Crippen LogP contribution in [0.25, 0.3) is 0 Å². The molecule has 2 rings (SSSR count). The molecule has 1 atom stereocenters. The van der Waals surface area contributed by atoms with E-state index in [0.29, 0.717) is 12.2 Å². The predicted octanol–water partition coefficient (Wildman–Crippen LogP) is 1.49. The van der Waals surface area contributed by atoms with Gasteiger partial charge in [0, 0.05) is 13.0 Å². The standard InChI is InChI=1S/C13H13BrFNO4/c14-9-5-8(1-2-10(9)15)6-11(17)16-13(12(18)19)3-4-20-7-13/h1-2,5H,3-4,6-7H2,(H,16,17)(H,18,19). The van der Waals surface area contributed by atoms with Crippen molar-refractivity contribution in [2.45, 2.75) is 18.4 Å². The number of hydrogen-bond donors (Lipinski definition) is 2. The van der Waals surface area contributed by atoms with E-state index in [1.54, 1.807) is 0 Å². The number of benzene rings is 1. The molecule has 0 aromatic heterocycles. The third-order valence-electron chi connectivity index (χ3n) is 3.16. The summed E-state index contributed by atoms with van der Waals surface area (Å²) >= 11 is 3.04. The Balaban J connectivity index is 2.04. The van der Waals surface area contributed by atoms with Gasteiger partial charge in [0.1, 0.15) is 5.82 Å². The molecule has 2 N–H and O–H groups in total. The summed E-state index contributed by atoms with van der Waals surface area (Å²) in [7, 11) is 0. The molecule has 1 aliphatic heterocycles. The van der Waals surface area contributed by atoms with Gasteiger partial charge in [-0.25, -0.2) is 9.18 Å². The van der Waals surface area contributed by atoms with Crippen LogP contribution in [0.4, 0.5) is 4.39 Å². The van der Waals surface area contributed by atoms with Gasteiger partial charge in [-0.1, -0.05) is 6.07 Å². The largest absolute Gasteiger partial charge is 0.479 e. The average molecular weight is 346 g/mol. The normalized spacial score (nSPS) is 21.7. The highest BCUT2D eigenvalue weighted by Gasteiger charge is 2.43. The van der Waals surface area contributed by atoms with E-state index in [-0.39, 0.29) is 23.9 Å². The summed E-state index contributed by atoms with van der Waals surface area (Å²) in [6, 6.07) is 4.23. The first kappa shape index (κ1) is 14.9. The molecule has 0 spiro atoms. The minimum Gasteiger partial charge on any atom is -0.479 e. The topological polar surface area (TPSA) is 75.6 Å². The van der Waals surface area contributed by atoms with Gasteiger partial charge >= 0.3 is 5.97 Å². The van der Waals surface area contributed by atoms with Gasteiger partial charge < -0.3 is 15.2 Å². The molecule has 0 bridgehead atoms. The summed E-state index contributed by atoms with van der Waals surface area (Å²) in [4.78, 5) is 23.2. The monoisotopic (exact) mass is 345 g/mol. The van der Waals surface area contributed by atoms with Gasteiger partial charge in [0.2, 0.25) is 5.91 Å². The van der Waals surface area contributed by atoms with Crippen molar-refractivity contribution in [1.29, 1.82) is 0 Å². The fraction of sp³-hybridized carbons (Fsp3) is 0.385. The van der Waals surface area contributed by atoms with Gasteiger partial charge in [0.25, 0.3) is 0 Å². The number of halogens is 2.